The van der Waals surface area contributed by atoms with Crippen molar-refractivity contribution < 1.29 is 0 Å². The summed E-state index contributed by atoms with van der Waals surface area (Å²) in [4.78, 5) is 11.0. The third-order valence-electron chi connectivity index (χ3n) is 2.95. The van der Waals surface area contributed by atoms with Gasteiger partial charge in [-0.2, -0.15) is 0 Å². The minimum Gasteiger partial charge on any atom is -0.352 e. The lowest BCUT2D eigenvalue weighted by atomic mass is 10.0. The van der Waals surface area contributed by atoms with E-state index in [4.69, 9.17) is 0 Å². The van der Waals surface area contributed by atoms with Gasteiger partial charge in [0.05, 0.1) is 0 Å². The van der Waals surface area contributed by atoms with E-state index in [0.717, 1.165) is 12.5 Å². The number of anilines is 1. The smallest absolute Gasteiger partial charge is 0.222 e. The molecule has 0 aliphatic carbocycles. The molecule has 4 heteroatoms. The van der Waals surface area contributed by atoms with E-state index in [1.165, 1.54) is 18.5 Å². The summed E-state index contributed by atoms with van der Waals surface area (Å²) in [5.74, 6) is 1.34. The number of aromatic nitrogens is 2. The lowest BCUT2D eigenvalue weighted by Crippen LogP contribution is -2.14. The van der Waals surface area contributed by atoms with Crippen LogP contribution in [0.1, 0.15) is 31.7 Å². The van der Waals surface area contributed by atoms with E-state index in [2.05, 4.69) is 41.1 Å². The first kappa shape index (κ1) is 11.3. The fourth-order valence-corrected chi connectivity index (χ4v) is 2.09. The van der Waals surface area contributed by atoms with Gasteiger partial charge in [-0.15, -0.1) is 0 Å². The van der Waals surface area contributed by atoms with Crippen LogP contribution >= 0.6 is 0 Å². The molecule has 1 fully saturated rings. The summed E-state index contributed by atoms with van der Waals surface area (Å²) in [5, 5.41) is 3.20. The van der Waals surface area contributed by atoms with Crippen molar-refractivity contribution >= 4 is 5.95 Å². The topological polar surface area (TPSA) is 41.1 Å². The molecule has 0 amide bonds. The van der Waals surface area contributed by atoms with Crippen molar-refractivity contribution in [2.75, 3.05) is 25.5 Å². The Hall–Kier alpha value is -1.16. The fourth-order valence-electron chi connectivity index (χ4n) is 2.09. The molecule has 1 atom stereocenters. The zero-order valence-corrected chi connectivity index (χ0v) is 10.3. The van der Waals surface area contributed by atoms with Crippen LogP contribution in [0, 0.1) is 0 Å². The van der Waals surface area contributed by atoms with Crippen LogP contribution in [0.2, 0.25) is 0 Å². The maximum Gasteiger partial charge on any atom is 0.222 e. The van der Waals surface area contributed by atoms with Gasteiger partial charge in [-0.3, -0.25) is 0 Å². The fraction of sp³-hybridized carbons (Fsp3) is 0.667. The third-order valence-corrected chi connectivity index (χ3v) is 2.95. The Morgan fingerprint density at radius 3 is 2.56 bits per heavy atom. The third kappa shape index (κ3) is 2.70. The lowest BCUT2D eigenvalue weighted by molar-refractivity contribution is 0.411. The molecule has 0 spiro atoms. The van der Waals surface area contributed by atoms with E-state index >= 15 is 0 Å². The summed E-state index contributed by atoms with van der Waals surface area (Å²) in [6.07, 6.45) is 5.14. The Kier molecular flexibility index (Phi) is 3.39. The highest BCUT2D eigenvalue weighted by molar-refractivity contribution is 5.27. The number of rotatable bonds is 3. The number of hydrogen-bond acceptors (Lipinski definition) is 4. The highest BCUT2D eigenvalue weighted by atomic mass is 15.1. The van der Waals surface area contributed by atoms with Gasteiger partial charge in [0, 0.05) is 30.9 Å². The Labute approximate surface area is 97.1 Å². The predicted octanol–water partition coefficient (Wildman–Crippen LogP) is 1.72. The first-order valence-corrected chi connectivity index (χ1v) is 5.92. The van der Waals surface area contributed by atoms with E-state index in [1.54, 1.807) is 0 Å². The molecule has 1 unspecified atom stereocenters. The summed E-state index contributed by atoms with van der Waals surface area (Å²) in [7, 11) is 2.16. The normalized spacial score (nSPS) is 21.6. The van der Waals surface area contributed by atoms with Gasteiger partial charge in [-0.25, -0.2) is 9.97 Å². The second-order valence-corrected chi connectivity index (χ2v) is 4.89. The monoisotopic (exact) mass is 220 g/mol. The highest BCUT2D eigenvalue weighted by Crippen LogP contribution is 2.25. The molecule has 2 rings (SSSR count). The van der Waals surface area contributed by atoms with Gasteiger partial charge < -0.3 is 10.2 Å². The molecule has 1 aromatic rings. The van der Waals surface area contributed by atoms with E-state index in [-0.39, 0.29) is 0 Å². The largest absolute Gasteiger partial charge is 0.352 e. The first-order valence-electron chi connectivity index (χ1n) is 5.92. The Morgan fingerprint density at radius 1 is 1.38 bits per heavy atom. The molecule has 0 saturated carbocycles. The van der Waals surface area contributed by atoms with Gasteiger partial charge in [-0.05, 0) is 39.4 Å². The molecule has 0 radical (unpaired) electrons. The molecule has 16 heavy (non-hydrogen) atoms. The van der Waals surface area contributed by atoms with Gasteiger partial charge in [0.15, 0.2) is 0 Å². The zero-order valence-electron chi connectivity index (χ0n) is 10.3. The van der Waals surface area contributed by atoms with Crippen molar-refractivity contribution in [1.82, 2.24) is 14.9 Å². The molecule has 88 valence electrons. The summed E-state index contributed by atoms with van der Waals surface area (Å²) in [6, 6.07) is 0.378. The summed E-state index contributed by atoms with van der Waals surface area (Å²) >= 11 is 0. The second kappa shape index (κ2) is 4.78. The van der Waals surface area contributed by atoms with Crippen molar-refractivity contribution in [3.63, 3.8) is 0 Å². The van der Waals surface area contributed by atoms with Crippen LogP contribution in [0.3, 0.4) is 0 Å². The summed E-state index contributed by atoms with van der Waals surface area (Å²) in [6.45, 7) is 6.48. The number of likely N-dealkylation sites (tertiary alicyclic amines) is 1. The highest BCUT2D eigenvalue weighted by Gasteiger charge is 2.21. The number of hydrogen-bond donors (Lipinski definition) is 1. The van der Waals surface area contributed by atoms with Crippen LogP contribution in [-0.4, -0.2) is 41.0 Å². The van der Waals surface area contributed by atoms with E-state index in [0.29, 0.717) is 12.0 Å². The van der Waals surface area contributed by atoms with E-state index in [9.17, 15) is 0 Å². The molecule has 1 aliphatic heterocycles. The molecule has 0 bridgehead atoms. The minimum atomic E-state index is 0.378. The Balaban J connectivity index is 2.02. The standard InChI is InChI=1S/C12H20N4/c1-9(2)15-12-13-6-11(7-14-12)10-4-5-16(3)8-10/h6-7,9-10H,4-5,8H2,1-3H3,(H,13,14,15). The van der Waals surface area contributed by atoms with Crippen LogP contribution in [-0.2, 0) is 0 Å². The maximum absolute atomic E-state index is 4.35. The number of likely N-dealkylation sites (N-methyl/N-ethyl adjacent to an activating group) is 1. The van der Waals surface area contributed by atoms with Crippen molar-refractivity contribution in [3.8, 4) is 0 Å². The molecule has 1 saturated heterocycles. The zero-order chi connectivity index (χ0) is 11.5. The van der Waals surface area contributed by atoms with Crippen molar-refractivity contribution in [3.05, 3.63) is 18.0 Å². The van der Waals surface area contributed by atoms with Crippen LogP contribution in [0.25, 0.3) is 0 Å². The van der Waals surface area contributed by atoms with Crippen molar-refractivity contribution in [2.45, 2.75) is 32.2 Å². The molecule has 1 aromatic heterocycles. The molecular formula is C12H20N4. The van der Waals surface area contributed by atoms with Gasteiger partial charge in [0.25, 0.3) is 0 Å². The SMILES string of the molecule is CC(C)Nc1ncc(C2CCN(C)C2)cn1. The van der Waals surface area contributed by atoms with Gasteiger partial charge in [-0.1, -0.05) is 0 Å². The molecule has 4 nitrogen and oxygen atoms in total. The average molecular weight is 220 g/mol. The molecule has 1 aliphatic rings. The predicted molar refractivity (Wildman–Crippen MR) is 65.6 cm³/mol. The molecular weight excluding hydrogens is 200 g/mol. The van der Waals surface area contributed by atoms with E-state index < -0.39 is 0 Å². The molecule has 1 N–H and O–H groups in total. The summed E-state index contributed by atoms with van der Waals surface area (Å²) in [5.41, 5.74) is 1.26. The quantitative estimate of drug-likeness (QED) is 0.842. The lowest BCUT2D eigenvalue weighted by Gasteiger charge is -2.11. The van der Waals surface area contributed by atoms with Gasteiger partial charge in [0.2, 0.25) is 5.95 Å². The minimum absolute atomic E-state index is 0.378. The van der Waals surface area contributed by atoms with E-state index in [1.807, 2.05) is 12.4 Å². The van der Waals surface area contributed by atoms with Crippen LogP contribution in [0.5, 0.6) is 0 Å². The Morgan fingerprint density at radius 2 is 2.06 bits per heavy atom. The summed E-state index contributed by atoms with van der Waals surface area (Å²) < 4.78 is 0. The van der Waals surface area contributed by atoms with Crippen LogP contribution in [0.15, 0.2) is 12.4 Å². The first-order chi connectivity index (χ1) is 7.65. The maximum atomic E-state index is 4.35. The van der Waals surface area contributed by atoms with Crippen LogP contribution < -0.4 is 5.32 Å². The van der Waals surface area contributed by atoms with Crippen molar-refractivity contribution in [1.29, 1.82) is 0 Å². The van der Waals surface area contributed by atoms with Crippen LogP contribution in [0.4, 0.5) is 5.95 Å². The van der Waals surface area contributed by atoms with Crippen molar-refractivity contribution in [2.24, 2.45) is 0 Å². The average Bonchev–Trinajstić information content (AvgIpc) is 2.65. The number of nitrogens with one attached hydrogen (secondary N) is 1. The molecule has 2 heterocycles. The van der Waals surface area contributed by atoms with Gasteiger partial charge in [0.1, 0.15) is 0 Å². The number of nitrogens with zero attached hydrogens (tertiary/aromatic N) is 3. The molecule has 0 aromatic carbocycles. The Bertz CT molecular complexity index is 333. The second-order valence-electron chi connectivity index (χ2n) is 4.89. The van der Waals surface area contributed by atoms with Gasteiger partial charge >= 0.3 is 0 Å².